The number of aryl methyl sites for hydroxylation is 1. The Kier molecular flexibility index (Phi) is 7.75. The number of hydrogen-bond acceptors (Lipinski definition) is 4. The molecular formula is C22H27ClN2O4S. The fraction of sp³-hybridized carbons (Fsp3) is 0.409. The Hall–Kier alpha value is -2.09. The highest BCUT2D eigenvalue weighted by molar-refractivity contribution is 7.92. The molecule has 2 aromatic rings. The zero-order valence-corrected chi connectivity index (χ0v) is 18.6. The predicted molar refractivity (Wildman–Crippen MR) is 119 cm³/mol. The van der Waals surface area contributed by atoms with Gasteiger partial charge in [-0.15, -0.1) is 0 Å². The number of sulfonamides is 1. The van der Waals surface area contributed by atoms with Crippen LogP contribution in [0.25, 0.3) is 0 Å². The number of carbonyl (C=O) groups excluding carboxylic acids is 1. The minimum Gasteiger partial charge on any atom is -0.376 e. The molecule has 1 atom stereocenters. The van der Waals surface area contributed by atoms with E-state index in [0.29, 0.717) is 18.8 Å². The third-order valence-corrected chi connectivity index (χ3v) is 6.74. The molecule has 0 spiro atoms. The summed E-state index contributed by atoms with van der Waals surface area (Å²) in [5.74, 6) is -0.423. The molecule has 30 heavy (non-hydrogen) atoms. The van der Waals surface area contributed by atoms with E-state index in [9.17, 15) is 13.2 Å². The third-order valence-electron chi connectivity index (χ3n) is 5.03. The van der Waals surface area contributed by atoms with Gasteiger partial charge in [-0.3, -0.25) is 9.52 Å². The number of unbranched alkanes of at least 4 members (excludes halogenated alkanes) is 1. The number of amides is 1. The number of anilines is 1. The van der Waals surface area contributed by atoms with Crippen LogP contribution >= 0.6 is 11.6 Å². The molecule has 3 rings (SSSR count). The lowest BCUT2D eigenvalue weighted by Gasteiger charge is -2.13. The summed E-state index contributed by atoms with van der Waals surface area (Å²) >= 11 is 6.15. The lowest BCUT2D eigenvalue weighted by Crippen LogP contribution is -2.32. The van der Waals surface area contributed by atoms with Gasteiger partial charge in [-0.05, 0) is 61.6 Å². The van der Waals surface area contributed by atoms with Crippen molar-refractivity contribution in [3.05, 3.63) is 58.6 Å². The summed E-state index contributed by atoms with van der Waals surface area (Å²) in [6.07, 6.45) is 5.01. The maximum atomic E-state index is 12.8. The highest BCUT2D eigenvalue weighted by atomic mass is 35.5. The van der Waals surface area contributed by atoms with Crippen molar-refractivity contribution in [1.82, 2.24) is 5.32 Å². The molecule has 0 aliphatic carbocycles. The number of halogens is 1. The molecule has 1 saturated heterocycles. The van der Waals surface area contributed by atoms with E-state index in [1.54, 1.807) is 12.1 Å². The van der Waals surface area contributed by atoms with Crippen LogP contribution in [0, 0.1) is 0 Å². The summed E-state index contributed by atoms with van der Waals surface area (Å²) in [4.78, 5) is 12.5. The second kappa shape index (κ2) is 10.3. The monoisotopic (exact) mass is 450 g/mol. The summed E-state index contributed by atoms with van der Waals surface area (Å²) in [6, 6.07) is 11.4. The third kappa shape index (κ3) is 5.97. The summed E-state index contributed by atoms with van der Waals surface area (Å²) < 4.78 is 33.7. The van der Waals surface area contributed by atoms with Crippen molar-refractivity contribution >= 4 is 33.2 Å². The van der Waals surface area contributed by atoms with E-state index in [0.717, 1.165) is 37.7 Å². The van der Waals surface area contributed by atoms with Crippen molar-refractivity contribution < 1.29 is 17.9 Å². The molecule has 1 fully saturated rings. The minimum atomic E-state index is -3.86. The molecule has 1 aliphatic rings. The molecule has 2 N–H and O–H groups in total. The number of hydrogen-bond donors (Lipinski definition) is 2. The Morgan fingerprint density at radius 1 is 1.20 bits per heavy atom. The number of rotatable bonds is 9. The van der Waals surface area contributed by atoms with E-state index < -0.39 is 15.9 Å². The molecule has 162 valence electrons. The standard InChI is InChI=1S/C22H27ClN2O4S/c1-2-3-5-16-7-9-17(10-8-16)25-30(27,28)19-11-12-21(23)20(14-19)22(26)24-15-18-6-4-13-29-18/h7-12,14,18,25H,2-6,13,15H2,1H3,(H,24,26). The normalized spacial score (nSPS) is 16.4. The largest absolute Gasteiger partial charge is 0.376 e. The van der Waals surface area contributed by atoms with Crippen LogP contribution in [0.5, 0.6) is 0 Å². The van der Waals surface area contributed by atoms with Gasteiger partial charge in [0.2, 0.25) is 0 Å². The van der Waals surface area contributed by atoms with Gasteiger partial charge in [-0.25, -0.2) is 8.42 Å². The Morgan fingerprint density at radius 3 is 2.63 bits per heavy atom. The van der Waals surface area contributed by atoms with Crippen LogP contribution in [0.1, 0.15) is 48.5 Å². The molecule has 0 aromatic heterocycles. The van der Waals surface area contributed by atoms with Crippen molar-refractivity contribution in [2.24, 2.45) is 0 Å². The molecule has 2 aromatic carbocycles. The summed E-state index contributed by atoms with van der Waals surface area (Å²) in [7, 11) is -3.86. The van der Waals surface area contributed by atoms with Gasteiger partial charge in [0.1, 0.15) is 0 Å². The SMILES string of the molecule is CCCCc1ccc(NS(=O)(=O)c2ccc(Cl)c(C(=O)NCC3CCCO3)c2)cc1. The van der Waals surface area contributed by atoms with E-state index in [1.165, 1.54) is 18.2 Å². The average molecular weight is 451 g/mol. The molecule has 1 amide bonds. The molecule has 8 heteroatoms. The zero-order chi connectivity index (χ0) is 21.6. The van der Waals surface area contributed by atoms with Crippen LogP contribution in [0.2, 0.25) is 5.02 Å². The molecular weight excluding hydrogens is 424 g/mol. The van der Waals surface area contributed by atoms with Crippen molar-refractivity contribution in [2.75, 3.05) is 17.9 Å². The number of ether oxygens (including phenoxy) is 1. The van der Waals surface area contributed by atoms with Gasteiger partial charge >= 0.3 is 0 Å². The van der Waals surface area contributed by atoms with E-state index in [2.05, 4.69) is 17.0 Å². The van der Waals surface area contributed by atoms with E-state index in [4.69, 9.17) is 16.3 Å². The molecule has 1 heterocycles. The van der Waals surface area contributed by atoms with Crippen molar-refractivity contribution in [2.45, 2.75) is 50.0 Å². The zero-order valence-electron chi connectivity index (χ0n) is 17.0. The van der Waals surface area contributed by atoms with E-state index in [-0.39, 0.29) is 21.6 Å². The van der Waals surface area contributed by atoms with Gasteiger partial charge in [0, 0.05) is 18.8 Å². The van der Waals surface area contributed by atoms with Gasteiger partial charge in [0.15, 0.2) is 0 Å². The van der Waals surface area contributed by atoms with Crippen molar-refractivity contribution in [1.29, 1.82) is 0 Å². The average Bonchev–Trinajstić information content (AvgIpc) is 3.25. The van der Waals surface area contributed by atoms with Crippen LogP contribution in [0.15, 0.2) is 47.4 Å². The molecule has 6 nitrogen and oxygen atoms in total. The Bertz CT molecular complexity index is 971. The number of benzene rings is 2. The first-order valence-corrected chi connectivity index (χ1v) is 12.1. The molecule has 0 radical (unpaired) electrons. The van der Waals surface area contributed by atoms with Gasteiger partial charge in [0.05, 0.1) is 21.6 Å². The first-order chi connectivity index (χ1) is 14.4. The summed E-state index contributed by atoms with van der Waals surface area (Å²) in [6.45, 7) is 3.20. The highest BCUT2D eigenvalue weighted by Gasteiger charge is 2.21. The molecule has 1 aliphatic heterocycles. The molecule has 0 saturated carbocycles. The van der Waals surface area contributed by atoms with Gasteiger partial charge in [0.25, 0.3) is 15.9 Å². The molecule has 1 unspecified atom stereocenters. The predicted octanol–water partition coefficient (Wildman–Crippen LogP) is 4.39. The Labute approximate surface area is 183 Å². The number of carbonyl (C=O) groups is 1. The second-order valence-corrected chi connectivity index (χ2v) is 9.48. The smallest absolute Gasteiger partial charge is 0.261 e. The van der Waals surface area contributed by atoms with Crippen molar-refractivity contribution in [3.63, 3.8) is 0 Å². The quantitative estimate of drug-likeness (QED) is 0.593. The first kappa shape index (κ1) is 22.6. The van der Waals surface area contributed by atoms with Gasteiger partial charge < -0.3 is 10.1 Å². The lowest BCUT2D eigenvalue weighted by atomic mass is 10.1. The van der Waals surface area contributed by atoms with Crippen LogP contribution in [0.3, 0.4) is 0 Å². The second-order valence-electron chi connectivity index (χ2n) is 7.39. The van der Waals surface area contributed by atoms with Crippen LogP contribution in [-0.4, -0.2) is 33.6 Å². The maximum Gasteiger partial charge on any atom is 0.261 e. The van der Waals surface area contributed by atoms with E-state index in [1.807, 2.05) is 12.1 Å². The maximum absolute atomic E-state index is 12.8. The van der Waals surface area contributed by atoms with Gasteiger partial charge in [-0.2, -0.15) is 0 Å². The topological polar surface area (TPSA) is 84.5 Å². The fourth-order valence-corrected chi connectivity index (χ4v) is 4.57. The molecule has 0 bridgehead atoms. The van der Waals surface area contributed by atoms with Crippen molar-refractivity contribution in [3.8, 4) is 0 Å². The minimum absolute atomic E-state index is 0.0124. The first-order valence-electron chi connectivity index (χ1n) is 10.2. The highest BCUT2D eigenvalue weighted by Crippen LogP contribution is 2.23. The summed E-state index contributed by atoms with van der Waals surface area (Å²) in [5.41, 5.74) is 1.75. The Morgan fingerprint density at radius 2 is 1.97 bits per heavy atom. The fourth-order valence-electron chi connectivity index (χ4n) is 3.29. The number of nitrogens with one attached hydrogen (secondary N) is 2. The van der Waals surface area contributed by atoms with Crippen LogP contribution in [-0.2, 0) is 21.2 Å². The van der Waals surface area contributed by atoms with E-state index >= 15 is 0 Å². The summed E-state index contributed by atoms with van der Waals surface area (Å²) in [5, 5.41) is 2.96. The lowest BCUT2D eigenvalue weighted by molar-refractivity contribution is 0.0857. The Balaban J connectivity index is 1.70. The van der Waals surface area contributed by atoms with Crippen LogP contribution in [0.4, 0.5) is 5.69 Å². The van der Waals surface area contributed by atoms with Crippen LogP contribution < -0.4 is 10.0 Å². The van der Waals surface area contributed by atoms with Gasteiger partial charge in [-0.1, -0.05) is 37.1 Å².